The van der Waals surface area contributed by atoms with Crippen molar-refractivity contribution in [3.63, 3.8) is 0 Å². The smallest absolute Gasteiger partial charge is 0.383 e. The zero-order valence-electron chi connectivity index (χ0n) is 5.57. The Morgan fingerprint density at radius 3 is 2.10 bits per heavy atom. The molecule has 60 valence electrons. The summed E-state index contributed by atoms with van der Waals surface area (Å²) in [6, 6.07) is 0. The first-order valence-electron chi connectivity index (χ1n) is 2.73. The SMILES string of the molecule is C=C(C)CC(O)C(F)(F)F. The molecule has 0 saturated carbocycles. The number of halogens is 3. The molecule has 0 spiro atoms. The topological polar surface area (TPSA) is 20.2 Å². The highest BCUT2D eigenvalue weighted by molar-refractivity contribution is 4.92. The van der Waals surface area contributed by atoms with Crippen molar-refractivity contribution in [1.82, 2.24) is 0 Å². The molecule has 0 amide bonds. The van der Waals surface area contributed by atoms with Crippen LogP contribution in [0.25, 0.3) is 0 Å². The molecular formula is C6H9F3O. The fourth-order valence-electron chi connectivity index (χ4n) is 0.446. The van der Waals surface area contributed by atoms with Gasteiger partial charge in [-0.3, -0.25) is 0 Å². The summed E-state index contributed by atoms with van der Waals surface area (Å²) in [4.78, 5) is 0. The van der Waals surface area contributed by atoms with Crippen molar-refractivity contribution in [2.24, 2.45) is 0 Å². The van der Waals surface area contributed by atoms with Gasteiger partial charge in [0.2, 0.25) is 0 Å². The van der Waals surface area contributed by atoms with E-state index in [-0.39, 0.29) is 0 Å². The maximum atomic E-state index is 11.5. The number of aliphatic hydroxyl groups is 1. The molecule has 0 aliphatic heterocycles. The summed E-state index contributed by atoms with van der Waals surface area (Å²) in [6.07, 6.45) is -7.19. The van der Waals surface area contributed by atoms with Gasteiger partial charge in [-0.15, -0.1) is 6.58 Å². The van der Waals surface area contributed by atoms with Gasteiger partial charge in [-0.2, -0.15) is 13.2 Å². The molecule has 0 aromatic rings. The predicted octanol–water partition coefficient (Wildman–Crippen LogP) is 1.88. The second kappa shape index (κ2) is 3.05. The average Bonchev–Trinajstić information content (AvgIpc) is 1.60. The van der Waals surface area contributed by atoms with E-state index in [2.05, 4.69) is 6.58 Å². The van der Waals surface area contributed by atoms with Crippen LogP contribution in [0.15, 0.2) is 12.2 Å². The van der Waals surface area contributed by atoms with E-state index in [4.69, 9.17) is 5.11 Å². The van der Waals surface area contributed by atoms with E-state index in [0.29, 0.717) is 5.57 Å². The van der Waals surface area contributed by atoms with Gasteiger partial charge in [0.25, 0.3) is 0 Å². The molecule has 0 radical (unpaired) electrons. The second-order valence-electron chi connectivity index (χ2n) is 2.22. The molecule has 0 aromatic carbocycles. The minimum Gasteiger partial charge on any atom is -0.383 e. The average molecular weight is 154 g/mol. The first-order chi connectivity index (χ1) is 4.34. The molecule has 4 heteroatoms. The molecular weight excluding hydrogens is 145 g/mol. The van der Waals surface area contributed by atoms with E-state index < -0.39 is 18.7 Å². The summed E-state index contributed by atoms with van der Waals surface area (Å²) in [5, 5.41) is 8.37. The van der Waals surface area contributed by atoms with E-state index in [9.17, 15) is 13.2 Å². The fourth-order valence-corrected chi connectivity index (χ4v) is 0.446. The van der Waals surface area contributed by atoms with Crippen LogP contribution in [0.4, 0.5) is 13.2 Å². The molecule has 0 fully saturated rings. The molecule has 1 atom stereocenters. The summed E-state index contributed by atoms with van der Waals surface area (Å²) in [5.41, 5.74) is 0.324. The molecule has 0 bridgehead atoms. The lowest BCUT2D eigenvalue weighted by Crippen LogP contribution is -2.28. The van der Waals surface area contributed by atoms with Crippen LogP contribution in [-0.2, 0) is 0 Å². The number of hydrogen-bond donors (Lipinski definition) is 1. The van der Waals surface area contributed by atoms with Crippen molar-refractivity contribution in [3.05, 3.63) is 12.2 Å². The molecule has 0 aliphatic carbocycles. The zero-order valence-corrected chi connectivity index (χ0v) is 5.57. The number of rotatable bonds is 2. The van der Waals surface area contributed by atoms with E-state index in [1.807, 2.05) is 0 Å². The van der Waals surface area contributed by atoms with Crippen LogP contribution in [0.3, 0.4) is 0 Å². The summed E-state index contributed by atoms with van der Waals surface area (Å²) < 4.78 is 34.6. The molecule has 10 heavy (non-hydrogen) atoms. The Morgan fingerprint density at radius 1 is 1.60 bits per heavy atom. The summed E-state index contributed by atoms with van der Waals surface area (Å²) in [5.74, 6) is 0. The van der Waals surface area contributed by atoms with Crippen LogP contribution >= 0.6 is 0 Å². The minimum absolute atomic E-state index is 0.324. The Bertz CT molecular complexity index is 127. The van der Waals surface area contributed by atoms with Gasteiger partial charge in [0.15, 0.2) is 6.10 Å². The third-order valence-electron chi connectivity index (χ3n) is 0.920. The Balaban J connectivity index is 3.85. The molecule has 0 heterocycles. The highest BCUT2D eigenvalue weighted by atomic mass is 19.4. The van der Waals surface area contributed by atoms with Crippen molar-refractivity contribution in [2.45, 2.75) is 25.6 Å². The quantitative estimate of drug-likeness (QED) is 0.602. The summed E-state index contributed by atoms with van der Waals surface area (Å²) >= 11 is 0. The predicted molar refractivity (Wildman–Crippen MR) is 31.5 cm³/mol. The molecule has 1 N–H and O–H groups in total. The highest BCUT2D eigenvalue weighted by Crippen LogP contribution is 2.23. The van der Waals surface area contributed by atoms with Gasteiger partial charge in [-0.1, -0.05) is 5.57 Å². The maximum Gasteiger partial charge on any atom is 0.414 e. The Labute approximate surface area is 57.2 Å². The van der Waals surface area contributed by atoms with Gasteiger partial charge in [0, 0.05) is 6.42 Å². The molecule has 0 aromatic heterocycles. The van der Waals surface area contributed by atoms with Crippen molar-refractivity contribution in [3.8, 4) is 0 Å². The third kappa shape index (κ3) is 3.50. The first kappa shape index (κ1) is 9.49. The van der Waals surface area contributed by atoms with Crippen LogP contribution in [0, 0.1) is 0 Å². The monoisotopic (exact) mass is 154 g/mol. The van der Waals surface area contributed by atoms with Crippen molar-refractivity contribution in [1.29, 1.82) is 0 Å². The lowest BCUT2D eigenvalue weighted by molar-refractivity contribution is -0.202. The number of alkyl halides is 3. The summed E-state index contributed by atoms with van der Waals surface area (Å²) in [7, 11) is 0. The van der Waals surface area contributed by atoms with Gasteiger partial charge in [0.1, 0.15) is 0 Å². The Kier molecular flexibility index (Phi) is 2.90. The van der Waals surface area contributed by atoms with E-state index in [1.165, 1.54) is 6.92 Å². The number of aliphatic hydroxyl groups excluding tert-OH is 1. The highest BCUT2D eigenvalue weighted by Gasteiger charge is 2.37. The second-order valence-corrected chi connectivity index (χ2v) is 2.22. The van der Waals surface area contributed by atoms with Gasteiger partial charge in [-0.25, -0.2) is 0 Å². The van der Waals surface area contributed by atoms with E-state index in [0.717, 1.165) is 0 Å². The van der Waals surface area contributed by atoms with Gasteiger partial charge < -0.3 is 5.11 Å². The van der Waals surface area contributed by atoms with Crippen molar-refractivity contribution < 1.29 is 18.3 Å². The lowest BCUT2D eigenvalue weighted by Gasteiger charge is -2.13. The third-order valence-corrected chi connectivity index (χ3v) is 0.920. The molecule has 1 unspecified atom stereocenters. The largest absolute Gasteiger partial charge is 0.414 e. The molecule has 0 aliphatic rings. The molecule has 0 saturated heterocycles. The minimum atomic E-state index is -4.51. The van der Waals surface area contributed by atoms with Crippen molar-refractivity contribution >= 4 is 0 Å². The first-order valence-corrected chi connectivity index (χ1v) is 2.73. The molecule has 1 nitrogen and oxygen atoms in total. The van der Waals surface area contributed by atoms with Crippen LogP contribution < -0.4 is 0 Å². The standard InChI is InChI=1S/C6H9F3O/c1-4(2)3-5(10)6(7,8)9/h5,10H,1,3H2,2H3. The van der Waals surface area contributed by atoms with Gasteiger partial charge in [0.05, 0.1) is 0 Å². The van der Waals surface area contributed by atoms with Crippen LogP contribution in [0.2, 0.25) is 0 Å². The summed E-state index contributed by atoms with van der Waals surface area (Å²) in [6.45, 7) is 4.69. The number of hydrogen-bond acceptors (Lipinski definition) is 1. The van der Waals surface area contributed by atoms with E-state index >= 15 is 0 Å². The lowest BCUT2D eigenvalue weighted by atomic mass is 10.1. The molecule has 0 rings (SSSR count). The Hall–Kier alpha value is -0.510. The van der Waals surface area contributed by atoms with Crippen LogP contribution in [0.1, 0.15) is 13.3 Å². The fraction of sp³-hybridized carbons (Fsp3) is 0.667. The Morgan fingerprint density at radius 2 is 2.00 bits per heavy atom. The normalized spacial score (nSPS) is 14.9. The van der Waals surface area contributed by atoms with Gasteiger partial charge in [-0.05, 0) is 6.92 Å². The maximum absolute atomic E-state index is 11.5. The van der Waals surface area contributed by atoms with E-state index in [1.54, 1.807) is 0 Å². The zero-order chi connectivity index (χ0) is 8.36. The van der Waals surface area contributed by atoms with Crippen LogP contribution in [0.5, 0.6) is 0 Å². The van der Waals surface area contributed by atoms with Crippen molar-refractivity contribution in [2.75, 3.05) is 0 Å². The van der Waals surface area contributed by atoms with Crippen LogP contribution in [-0.4, -0.2) is 17.4 Å². The van der Waals surface area contributed by atoms with Gasteiger partial charge >= 0.3 is 6.18 Å².